The molecule has 0 radical (unpaired) electrons. The number of nitrogens with one attached hydrogen (secondary N) is 2. The van der Waals surface area contributed by atoms with Crippen LogP contribution in [0.5, 0.6) is 0 Å². The molecule has 2 heterocycles. The molecule has 3 rings (SSSR count). The Balaban J connectivity index is 1.51. The molecule has 3 fully saturated rings. The Bertz CT molecular complexity index is 310. The zero-order chi connectivity index (χ0) is 11.8. The molecule has 0 spiro atoms. The summed E-state index contributed by atoms with van der Waals surface area (Å²) in [6.07, 6.45) is 9.31. The number of carbonyl (C=O) groups is 1. The van der Waals surface area contributed by atoms with Crippen LogP contribution in [-0.4, -0.2) is 35.5 Å². The molecule has 2 saturated heterocycles. The van der Waals surface area contributed by atoms with E-state index in [1.807, 2.05) is 11.8 Å². The Hall–Kier alpha value is -0.220. The van der Waals surface area contributed by atoms with Gasteiger partial charge in [0, 0.05) is 23.4 Å². The van der Waals surface area contributed by atoms with Crippen molar-refractivity contribution in [3.8, 4) is 0 Å². The van der Waals surface area contributed by atoms with E-state index < -0.39 is 0 Å². The lowest BCUT2D eigenvalue weighted by atomic mass is 9.88. The fourth-order valence-electron chi connectivity index (χ4n) is 3.71. The van der Waals surface area contributed by atoms with Crippen LogP contribution in [0.25, 0.3) is 0 Å². The SMILES string of the molecule is CSC1CCC(NC(=O)C2CC3CCC2N3)C1. The van der Waals surface area contributed by atoms with Crippen LogP contribution in [0, 0.1) is 5.92 Å². The molecular weight excluding hydrogens is 232 g/mol. The van der Waals surface area contributed by atoms with E-state index in [-0.39, 0.29) is 5.92 Å². The van der Waals surface area contributed by atoms with Crippen molar-refractivity contribution in [3.05, 3.63) is 0 Å². The Morgan fingerprint density at radius 1 is 1.24 bits per heavy atom. The summed E-state index contributed by atoms with van der Waals surface area (Å²) in [5, 5.41) is 7.58. The van der Waals surface area contributed by atoms with Gasteiger partial charge in [-0.25, -0.2) is 0 Å². The van der Waals surface area contributed by atoms with E-state index in [1.165, 1.54) is 32.1 Å². The van der Waals surface area contributed by atoms with Crippen molar-refractivity contribution < 1.29 is 4.79 Å². The van der Waals surface area contributed by atoms with Crippen molar-refractivity contribution in [1.82, 2.24) is 10.6 Å². The second-order valence-corrected chi connectivity index (χ2v) is 6.90. The van der Waals surface area contributed by atoms with E-state index in [0.717, 1.165) is 11.7 Å². The molecule has 0 aromatic carbocycles. The number of thioether (sulfide) groups is 1. The Kier molecular flexibility index (Phi) is 3.35. The average Bonchev–Trinajstić information content (AvgIpc) is 3.04. The van der Waals surface area contributed by atoms with Crippen molar-refractivity contribution in [2.24, 2.45) is 5.92 Å². The van der Waals surface area contributed by atoms with Gasteiger partial charge in [-0.15, -0.1) is 0 Å². The molecule has 5 unspecified atom stereocenters. The van der Waals surface area contributed by atoms with Crippen LogP contribution in [0.4, 0.5) is 0 Å². The minimum atomic E-state index is 0.252. The van der Waals surface area contributed by atoms with E-state index in [4.69, 9.17) is 0 Å². The van der Waals surface area contributed by atoms with Gasteiger partial charge < -0.3 is 10.6 Å². The maximum atomic E-state index is 12.2. The van der Waals surface area contributed by atoms with Crippen LogP contribution in [-0.2, 0) is 4.79 Å². The number of rotatable bonds is 3. The summed E-state index contributed by atoms with van der Waals surface area (Å²) in [4.78, 5) is 12.2. The van der Waals surface area contributed by atoms with Crippen molar-refractivity contribution >= 4 is 17.7 Å². The van der Waals surface area contributed by atoms with E-state index in [9.17, 15) is 4.79 Å². The van der Waals surface area contributed by atoms with Crippen LogP contribution in [0.1, 0.15) is 38.5 Å². The van der Waals surface area contributed by atoms with Gasteiger partial charge in [-0.05, 0) is 44.8 Å². The minimum Gasteiger partial charge on any atom is -0.353 e. The summed E-state index contributed by atoms with van der Waals surface area (Å²) in [6.45, 7) is 0. The first-order valence-corrected chi connectivity index (χ1v) is 8.14. The first-order chi connectivity index (χ1) is 8.26. The normalized spacial score (nSPS) is 44.2. The lowest BCUT2D eigenvalue weighted by molar-refractivity contribution is -0.126. The van der Waals surface area contributed by atoms with E-state index in [0.29, 0.717) is 24.0 Å². The zero-order valence-electron chi connectivity index (χ0n) is 10.4. The molecule has 2 bridgehead atoms. The standard InChI is InChI=1S/C13H22N2OS/c1-17-10-4-2-8(6-10)15-13(16)11-7-9-3-5-12(11)14-9/h8-12,14H,2-7H2,1H3,(H,15,16). The summed E-state index contributed by atoms with van der Waals surface area (Å²) >= 11 is 1.94. The first-order valence-electron chi connectivity index (χ1n) is 6.85. The van der Waals surface area contributed by atoms with Gasteiger partial charge in [-0.1, -0.05) is 0 Å². The van der Waals surface area contributed by atoms with Crippen LogP contribution < -0.4 is 10.6 Å². The first kappa shape index (κ1) is 11.8. The van der Waals surface area contributed by atoms with E-state index >= 15 is 0 Å². The van der Waals surface area contributed by atoms with Crippen LogP contribution in [0.2, 0.25) is 0 Å². The number of amides is 1. The third kappa shape index (κ3) is 2.34. The van der Waals surface area contributed by atoms with Crippen LogP contribution in [0.3, 0.4) is 0 Å². The summed E-state index contributed by atoms with van der Waals surface area (Å²) in [5.74, 6) is 0.568. The lowest BCUT2D eigenvalue weighted by Crippen LogP contribution is -2.41. The predicted molar refractivity (Wildman–Crippen MR) is 71.1 cm³/mol. The third-order valence-corrected chi connectivity index (χ3v) is 5.80. The number of hydrogen-bond donors (Lipinski definition) is 2. The molecule has 1 aliphatic carbocycles. The summed E-state index contributed by atoms with van der Waals surface area (Å²) < 4.78 is 0. The van der Waals surface area contributed by atoms with Crippen molar-refractivity contribution in [2.75, 3.05) is 6.26 Å². The van der Waals surface area contributed by atoms with E-state index in [1.54, 1.807) is 0 Å². The quantitative estimate of drug-likeness (QED) is 0.802. The Labute approximate surface area is 107 Å². The third-order valence-electron chi connectivity index (χ3n) is 4.70. The molecule has 4 heteroatoms. The highest BCUT2D eigenvalue weighted by Crippen LogP contribution is 2.34. The highest BCUT2D eigenvalue weighted by Gasteiger charge is 2.43. The van der Waals surface area contributed by atoms with Gasteiger partial charge in [0.1, 0.15) is 0 Å². The van der Waals surface area contributed by atoms with Crippen LogP contribution >= 0.6 is 11.8 Å². The fourth-order valence-corrected chi connectivity index (χ4v) is 4.50. The molecule has 1 saturated carbocycles. The molecule has 0 aromatic rings. The molecule has 5 atom stereocenters. The van der Waals surface area contributed by atoms with Gasteiger partial charge >= 0.3 is 0 Å². The number of carbonyl (C=O) groups excluding carboxylic acids is 1. The topological polar surface area (TPSA) is 41.1 Å². The average molecular weight is 254 g/mol. The zero-order valence-corrected chi connectivity index (χ0v) is 11.3. The smallest absolute Gasteiger partial charge is 0.224 e. The molecule has 3 aliphatic rings. The van der Waals surface area contributed by atoms with Gasteiger partial charge in [-0.2, -0.15) is 11.8 Å². The lowest BCUT2D eigenvalue weighted by Gasteiger charge is -2.22. The minimum absolute atomic E-state index is 0.252. The van der Waals surface area contributed by atoms with Crippen molar-refractivity contribution in [3.63, 3.8) is 0 Å². The largest absolute Gasteiger partial charge is 0.353 e. The maximum Gasteiger partial charge on any atom is 0.224 e. The highest BCUT2D eigenvalue weighted by atomic mass is 32.2. The molecule has 3 nitrogen and oxygen atoms in total. The molecule has 2 aliphatic heterocycles. The number of hydrogen-bond acceptors (Lipinski definition) is 3. The molecule has 17 heavy (non-hydrogen) atoms. The van der Waals surface area contributed by atoms with Crippen molar-refractivity contribution in [2.45, 2.75) is 61.9 Å². The second-order valence-electron chi connectivity index (χ2n) is 5.77. The van der Waals surface area contributed by atoms with Gasteiger partial charge in [0.25, 0.3) is 0 Å². The molecule has 1 amide bonds. The van der Waals surface area contributed by atoms with Gasteiger partial charge in [0.15, 0.2) is 0 Å². The summed E-state index contributed by atoms with van der Waals surface area (Å²) in [6, 6.07) is 1.54. The summed E-state index contributed by atoms with van der Waals surface area (Å²) in [7, 11) is 0. The Morgan fingerprint density at radius 3 is 2.71 bits per heavy atom. The molecule has 0 aromatic heterocycles. The maximum absolute atomic E-state index is 12.2. The van der Waals surface area contributed by atoms with Gasteiger partial charge in [-0.3, -0.25) is 4.79 Å². The number of fused-ring (bicyclic) bond motifs is 2. The van der Waals surface area contributed by atoms with Gasteiger partial charge in [0.05, 0.1) is 5.92 Å². The summed E-state index contributed by atoms with van der Waals surface area (Å²) in [5.41, 5.74) is 0. The molecule has 2 N–H and O–H groups in total. The van der Waals surface area contributed by atoms with E-state index in [2.05, 4.69) is 16.9 Å². The predicted octanol–water partition coefficient (Wildman–Crippen LogP) is 1.53. The fraction of sp³-hybridized carbons (Fsp3) is 0.923. The second kappa shape index (κ2) is 4.81. The molecule has 96 valence electrons. The molecular formula is C13H22N2OS. The van der Waals surface area contributed by atoms with Gasteiger partial charge in [0.2, 0.25) is 5.91 Å². The van der Waals surface area contributed by atoms with Crippen LogP contribution in [0.15, 0.2) is 0 Å². The Morgan fingerprint density at radius 2 is 2.12 bits per heavy atom. The van der Waals surface area contributed by atoms with Crippen molar-refractivity contribution in [1.29, 1.82) is 0 Å². The monoisotopic (exact) mass is 254 g/mol. The highest BCUT2D eigenvalue weighted by molar-refractivity contribution is 7.99.